The second-order valence-electron chi connectivity index (χ2n) is 9.58. The van der Waals surface area contributed by atoms with Crippen LogP contribution < -0.4 is 14.4 Å². The molecular formula is C26H37N3O5S. The molecule has 0 aromatic heterocycles. The number of benzene rings is 2. The van der Waals surface area contributed by atoms with E-state index in [1.165, 1.54) is 4.90 Å². The highest BCUT2D eigenvalue weighted by molar-refractivity contribution is 7.92. The van der Waals surface area contributed by atoms with Gasteiger partial charge in [0.25, 0.3) is 0 Å². The van der Waals surface area contributed by atoms with Gasteiger partial charge in [0.15, 0.2) is 0 Å². The summed E-state index contributed by atoms with van der Waals surface area (Å²) < 4.78 is 31.6. The standard InChI is InChI=1S/C26H37N3O5S/c1-8-20-12-14-22(15-13-20)29(35(7,32)33)18-24(30)28(19(2)25(31)27-26(3,4)5)17-21-10-9-11-23(16-21)34-6/h9-16,19H,8,17-18H2,1-7H3,(H,27,31). The average molecular weight is 504 g/mol. The quantitative estimate of drug-likeness (QED) is 0.536. The van der Waals surface area contributed by atoms with Gasteiger partial charge in [-0.2, -0.15) is 0 Å². The van der Waals surface area contributed by atoms with Crippen molar-refractivity contribution >= 4 is 27.5 Å². The highest BCUT2D eigenvalue weighted by Gasteiger charge is 2.31. The number of amides is 2. The maximum atomic E-state index is 13.6. The Labute approximate surface area is 209 Å². The molecule has 0 aliphatic carbocycles. The van der Waals surface area contributed by atoms with Crippen LogP contribution in [0.1, 0.15) is 45.7 Å². The highest BCUT2D eigenvalue weighted by atomic mass is 32.2. The van der Waals surface area contributed by atoms with Gasteiger partial charge in [0.05, 0.1) is 19.1 Å². The third kappa shape index (κ3) is 8.28. The molecule has 0 aliphatic rings. The van der Waals surface area contributed by atoms with Crippen LogP contribution in [0.15, 0.2) is 48.5 Å². The number of methoxy groups -OCH3 is 1. The number of nitrogens with one attached hydrogen (secondary N) is 1. The summed E-state index contributed by atoms with van der Waals surface area (Å²) >= 11 is 0. The Morgan fingerprint density at radius 1 is 1.06 bits per heavy atom. The second kappa shape index (κ2) is 11.6. The van der Waals surface area contributed by atoms with Gasteiger partial charge in [-0.05, 0) is 69.5 Å². The van der Waals surface area contributed by atoms with Crippen molar-refractivity contribution in [2.75, 3.05) is 24.2 Å². The number of anilines is 1. The lowest BCUT2D eigenvalue weighted by molar-refractivity contribution is -0.140. The van der Waals surface area contributed by atoms with Crippen molar-refractivity contribution in [3.8, 4) is 5.75 Å². The molecule has 2 aromatic rings. The summed E-state index contributed by atoms with van der Waals surface area (Å²) in [6.07, 6.45) is 1.88. The monoisotopic (exact) mass is 503 g/mol. The minimum absolute atomic E-state index is 0.112. The van der Waals surface area contributed by atoms with Crippen LogP contribution in [0.5, 0.6) is 5.75 Å². The molecule has 0 aliphatic heterocycles. The highest BCUT2D eigenvalue weighted by Crippen LogP contribution is 2.21. The van der Waals surface area contributed by atoms with E-state index in [-0.39, 0.29) is 12.5 Å². The molecule has 0 spiro atoms. The molecule has 35 heavy (non-hydrogen) atoms. The van der Waals surface area contributed by atoms with Crippen LogP contribution in [-0.2, 0) is 32.6 Å². The van der Waals surface area contributed by atoms with Crippen LogP contribution in [0.3, 0.4) is 0 Å². The fraction of sp³-hybridized carbons (Fsp3) is 0.462. The summed E-state index contributed by atoms with van der Waals surface area (Å²) in [5, 5.41) is 2.90. The van der Waals surface area contributed by atoms with E-state index in [1.54, 1.807) is 44.4 Å². The number of rotatable bonds is 10. The van der Waals surface area contributed by atoms with Crippen LogP contribution in [0.25, 0.3) is 0 Å². The smallest absolute Gasteiger partial charge is 0.244 e. The topological polar surface area (TPSA) is 96.0 Å². The molecule has 2 rings (SSSR count). The van der Waals surface area contributed by atoms with E-state index in [0.717, 1.165) is 28.1 Å². The van der Waals surface area contributed by atoms with Gasteiger partial charge in [0, 0.05) is 12.1 Å². The van der Waals surface area contributed by atoms with Crippen molar-refractivity contribution in [2.24, 2.45) is 0 Å². The van der Waals surface area contributed by atoms with E-state index in [9.17, 15) is 18.0 Å². The Balaban J connectivity index is 2.41. The first-order valence-corrected chi connectivity index (χ1v) is 13.4. The lowest BCUT2D eigenvalue weighted by Crippen LogP contribution is -2.54. The lowest BCUT2D eigenvalue weighted by atomic mass is 10.1. The van der Waals surface area contributed by atoms with Crippen molar-refractivity contribution in [3.63, 3.8) is 0 Å². The number of carbonyl (C=O) groups is 2. The van der Waals surface area contributed by atoms with Crippen molar-refractivity contribution in [2.45, 2.75) is 59.2 Å². The van der Waals surface area contributed by atoms with Crippen LogP contribution in [0.2, 0.25) is 0 Å². The van der Waals surface area contributed by atoms with Gasteiger partial charge < -0.3 is 15.0 Å². The molecule has 0 fully saturated rings. The number of aryl methyl sites for hydroxylation is 1. The maximum Gasteiger partial charge on any atom is 0.244 e. The molecule has 1 N–H and O–H groups in total. The first-order valence-electron chi connectivity index (χ1n) is 11.6. The molecule has 1 atom stereocenters. The van der Waals surface area contributed by atoms with E-state index in [4.69, 9.17) is 4.74 Å². The van der Waals surface area contributed by atoms with Crippen LogP contribution in [0.4, 0.5) is 5.69 Å². The minimum Gasteiger partial charge on any atom is -0.497 e. The molecule has 8 nitrogen and oxygen atoms in total. The fourth-order valence-corrected chi connectivity index (χ4v) is 4.39. The van der Waals surface area contributed by atoms with Gasteiger partial charge in [-0.3, -0.25) is 13.9 Å². The largest absolute Gasteiger partial charge is 0.497 e. The van der Waals surface area contributed by atoms with Gasteiger partial charge in [0.2, 0.25) is 21.8 Å². The third-order valence-electron chi connectivity index (χ3n) is 5.46. The molecule has 192 valence electrons. The Bertz CT molecular complexity index is 1120. The first-order chi connectivity index (χ1) is 16.2. The third-order valence-corrected chi connectivity index (χ3v) is 6.60. The minimum atomic E-state index is -3.76. The van der Waals surface area contributed by atoms with Crippen molar-refractivity contribution in [3.05, 3.63) is 59.7 Å². The fourth-order valence-electron chi connectivity index (χ4n) is 3.54. The number of hydrogen-bond acceptors (Lipinski definition) is 5. The summed E-state index contributed by atoms with van der Waals surface area (Å²) in [5.41, 5.74) is 1.72. The van der Waals surface area contributed by atoms with Gasteiger partial charge in [-0.25, -0.2) is 8.42 Å². The second-order valence-corrected chi connectivity index (χ2v) is 11.5. The number of nitrogens with zero attached hydrogens (tertiary/aromatic N) is 2. The SMILES string of the molecule is CCc1ccc(N(CC(=O)N(Cc2cccc(OC)c2)C(C)C(=O)NC(C)(C)C)S(C)(=O)=O)cc1. The predicted molar refractivity (Wildman–Crippen MR) is 139 cm³/mol. The molecule has 0 heterocycles. The van der Waals surface area contributed by atoms with Crippen molar-refractivity contribution in [1.29, 1.82) is 0 Å². The maximum absolute atomic E-state index is 13.6. The Hall–Kier alpha value is -3.07. The zero-order valence-corrected chi connectivity index (χ0v) is 22.5. The number of carbonyl (C=O) groups excluding carboxylic acids is 2. The molecule has 1 unspecified atom stereocenters. The molecule has 0 saturated carbocycles. The number of ether oxygens (including phenoxy) is 1. The summed E-state index contributed by atoms with van der Waals surface area (Å²) in [4.78, 5) is 28.0. The van der Waals surface area contributed by atoms with Gasteiger partial charge in [-0.15, -0.1) is 0 Å². The molecule has 0 saturated heterocycles. The van der Waals surface area contributed by atoms with E-state index < -0.39 is 34.1 Å². The van der Waals surface area contributed by atoms with Crippen molar-refractivity contribution in [1.82, 2.24) is 10.2 Å². The van der Waals surface area contributed by atoms with E-state index in [0.29, 0.717) is 11.4 Å². The Kier molecular flexibility index (Phi) is 9.31. The molecule has 2 amide bonds. The Morgan fingerprint density at radius 3 is 2.20 bits per heavy atom. The predicted octanol–water partition coefficient (Wildman–Crippen LogP) is 3.36. The van der Waals surface area contributed by atoms with Crippen molar-refractivity contribution < 1.29 is 22.7 Å². The van der Waals surface area contributed by atoms with Crippen LogP contribution in [-0.4, -0.2) is 56.6 Å². The van der Waals surface area contributed by atoms with Crippen LogP contribution in [0, 0.1) is 0 Å². The molecule has 0 bridgehead atoms. The van der Waals surface area contributed by atoms with E-state index >= 15 is 0 Å². The van der Waals surface area contributed by atoms with Gasteiger partial charge >= 0.3 is 0 Å². The van der Waals surface area contributed by atoms with Gasteiger partial charge in [0.1, 0.15) is 18.3 Å². The van der Waals surface area contributed by atoms with Crippen LogP contribution >= 0.6 is 0 Å². The summed E-state index contributed by atoms with van der Waals surface area (Å²) in [7, 11) is -2.21. The molecule has 9 heteroatoms. The van der Waals surface area contributed by atoms with E-state index in [2.05, 4.69) is 5.32 Å². The number of hydrogen-bond donors (Lipinski definition) is 1. The summed E-state index contributed by atoms with van der Waals surface area (Å²) in [6, 6.07) is 13.4. The molecular weight excluding hydrogens is 466 g/mol. The summed E-state index contributed by atoms with van der Waals surface area (Å²) in [5.74, 6) is -0.197. The first kappa shape index (κ1) is 28.2. The normalized spacial score (nSPS) is 12.5. The molecule has 0 radical (unpaired) electrons. The number of sulfonamides is 1. The molecule has 2 aromatic carbocycles. The van der Waals surface area contributed by atoms with E-state index in [1.807, 2.05) is 45.9 Å². The van der Waals surface area contributed by atoms with Gasteiger partial charge in [-0.1, -0.05) is 31.2 Å². The lowest BCUT2D eigenvalue weighted by Gasteiger charge is -2.33. The summed E-state index contributed by atoms with van der Waals surface area (Å²) in [6.45, 7) is 8.90. The Morgan fingerprint density at radius 2 is 1.69 bits per heavy atom. The average Bonchev–Trinajstić information content (AvgIpc) is 2.78. The zero-order chi connectivity index (χ0) is 26.4. The zero-order valence-electron chi connectivity index (χ0n) is 21.7.